The summed E-state index contributed by atoms with van der Waals surface area (Å²) in [6.45, 7) is 8.85. The number of allylic oxidation sites excluding steroid dienone is 2. The van der Waals surface area contributed by atoms with Gasteiger partial charge in [0.05, 0.1) is 0 Å². The summed E-state index contributed by atoms with van der Waals surface area (Å²) in [6, 6.07) is 0. The molecule has 0 amide bonds. The SMILES string of the molecule is CCCCCCCCC(=O)SCCC(C)CCC=C(C)C. The molecule has 0 aliphatic rings. The van der Waals surface area contributed by atoms with Crippen LogP contribution in [0, 0.1) is 5.92 Å². The molecule has 2 heteroatoms. The first-order chi connectivity index (χ1) is 10.1. The van der Waals surface area contributed by atoms with Crippen molar-refractivity contribution >= 4 is 16.9 Å². The Morgan fingerprint density at radius 1 is 1.05 bits per heavy atom. The topological polar surface area (TPSA) is 17.1 Å². The summed E-state index contributed by atoms with van der Waals surface area (Å²) in [6.07, 6.45) is 14.3. The van der Waals surface area contributed by atoms with Crippen molar-refractivity contribution in [3.05, 3.63) is 11.6 Å². The predicted molar refractivity (Wildman–Crippen MR) is 97.9 cm³/mol. The number of unbranched alkanes of at least 4 members (excludes halogenated alkanes) is 5. The van der Waals surface area contributed by atoms with Crippen LogP contribution in [0.4, 0.5) is 0 Å². The van der Waals surface area contributed by atoms with E-state index in [9.17, 15) is 4.79 Å². The predicted octanol–water partition coefficient (Wildman–Crippen LogP) is 6.77. The lowest BCUT2D eigenvalue weighted by molar-refractivity contribution is -0.111. The summed E-state index contributed by atoms with van der Waals surface area (Å²) in [7, 11) is 0. The molecule has 1 atom stereocenters. The van der Waals surface area contributed by atoms with Crippen LogP contribution in [0.1, 0.15) is 91.9 Å². The molecular formula is C19H36OS. The molecule has 0 aliphatic carbocycles. The molecule has 0 aromatic rings. The standard InChI is InChI=1S/C19H36OS/c1-5-6-7-8-9-10-14-19(20)21-16-15-18(4)13-11-12-17(2)3/h12,18H,5-11,13-16H2,1-4H3. The smallest absolute Gasteiger partial charge is 0.188 e. The van der Waals surface area contributed by atoms with Gasteiger partial charge >= 0.3 is 0 Å². The fraction of sp³-hybridized carbons (Fsp3) is 0.842. The van der Waals surface area contributed by atoms with Gasteiger partial charge in [0.2, 0.25) is 0 Å². The van der Waals surface area contributed by atoms with Crippen LogP contribution < -0.4 is 0 Å². The lowest BCUT2D eigenvalue weighted by Crippen LogP contribution is -1.99. The van der Waals surface area contributed by atoms with E-state index in [1.54, 1.807) is 11.8 Å². The zero-order valence-corrected chi connectivity index (χ0v) is 15.6. The molecule has 0 rings (SSSR count). The fourth-order valence-electron chi connectivity index (χ4n) is 2.30. The van der Waals surface area contributed by atoms with Gasteiger partial charge in [-0.2, -0.15) is 0 Å². The van der Waals surface area contributed by atoms with Gasteiger partial charge in [0.25, 0.3) is 0 Å². The van der Waals surface area contributed by atoms with E-state index in [-0.39, 0.29) is 0 Å². The largest absolute Gasteiger partial charge is 0.287 e. The maximum Gasteiger partial charge on any atom is 0.188 e. The minimum absolute atomic E-state index is 0.405. The Morgan fingerprint density at radius 2 is 1.71 bits per heavy atom. The van der Waals surface area contributed by atoms with E-state index in [0.29, 0.717) is 5.12 Å². The molecule has 21 heavy (non-hydrogen) atoms. The maximum atomic E-state index is 11.8. The summed E-state index contributed by atoms with van der Waals surface area (Å²) >= 11 is 1.56. The maximum absolute atomic E-state index is 11.8. The molecule has 0 heterocycles. The van der Waals surface area contributed by atoms with E-state index in [2.05, 4.69) is 33.8 Å². The van der Waals surface area contributed by atoms with Crippen molar-refractivity contribution in [2.45, 2.75) is 91.9 Å². The van der Waals surface area contributed by atoms with Gasteiger partial charge < -0.3 is 0 Å². The summed E-state index contributed by atoms with van der Waals surface area (Å²) in [5, 5.41) is 0.405. The van der Waals surface area contributed by atoms with Crippen molar-refractivity contribution < 1.29 is 4.79 Å². The Hall–Kier alpha value is -0.240. The van der Waals surface area contributed by atoms with Crippen molar-refractivity contribution in [1.82, 2.24) is 0 Å². The van der Waals surface area contributed by atoms with Crippen LogP contribution >= 0.6 is 11.8 Å². The van der Waals surface area contributed by atoms with E-state index in [0.717, 1.165) is 24.5 Å². The molecule has 0 bridgehead atoms. The van der Waals surface area contributed by atoms with Crippen LogP contribution in [0.3, 0.4) is 0 Å². The Kier molecular flexibility index (Phi) is 14.5. The Balaban J connectivity index is 3.42. The zero-order valence-electron chi connectivity index (χ0n) is 14.7. The van der Waals surface area contributed by atoms with Crippen molar-refractivity contribution in [3.63, 3.8) is 0 Å². The van der Waals surface area contributed by atoms with Crippen molar-refractivity contribution in [1.29, 1.82) is 0 Å². The number of hydrogen-bond donors (Lipinski definition) is 0. The van der Waals surface area contributed by atoms with Gasteiger partial charge in [-0.1, -0.05) is 69.4 Å². The second-order valence-corrected chi connectivity index (χ2v) is 7.64. The third-order valence-corrected chi connectivity index (χ3v) is 4.79. The summed E-state index contributed by atoms with van der Waals surface area (Å²) in [5.41, 5.74) is 1.41. The molecule has 0 radical (unpaired) electrons. The van der Waals surface area contributed by atoms with E-state index >= 15 is 0 Å². The van der Waals surface area contributed by atoms with Crippen molar-refractivity contribution in [2.75, 3.05) is 5.75 Å². The van der Waals surface area contributed by atoms with Crippen molar-refractivity contribution in [2.24, 2.45) is 5.92 Å². The highest BCUT2D eigenvalue weighted by molar-refractivity contribution is 8.13. The van der Waals surface area contributed by atoms with Crippen LogP contribution in [0.25, 0.3) is 0 Å². The van der Waals surface area contributed by atoms with Crippen LogP contribution in [0.15, 0.2) is 11.6 Å². The minimum Gasteiger partial charge on any atom is -0.287 e. The first-order valence-electron chi connectivity index (χ1n) is 8.85. The molecule has 0 aliphatic heterocycles. The van der Waals surface area contributed by atoms with Crippen LogP contribution in [0.5, 0.6) is 0 Å². The van der Waals surface area contributed by atoms with Crippen LogP contribution in [-0.4, -0.2) is 10.9 Å². The summed E-state index contributed by atoms with van der Waals surface area (Å²) in [5.74, 6) is 1.74. The normalized spacial score (nSPS) is 12.2. The van der Waals surface area contributed by atoms with Crippen molar-refractivity contribution in [3.8, 4) is 0 Å². The highest BCUT2D eigenvalue weighted by Crippen LogP contribution is 2.18. The first kappa shape index (κ1) is 20.8. The molecule has 0 saturated carbocycles. The third-order valence-electron chi connectivity index (χ3n) is 3.82. The lowest BCUT2D eigenvalue weighted by atomic mass is 10.0. The Bertz CT molecular complexity index is 279. The highest BCUT2D eigenvalue weighted by Gasteiger charge is 2.05. The number of carbonyl (C=O) groups excluding carboxylic acids is 1. The molecule has 124 valence electrons. The van der Waals surface area contributed by atoms with Gasteiger partial charge in [-0.15, -0.1) is 0 Å². The minimum atomic E-state index is 0.405. The fourth-order valence-corrected chi connectivity index (χ4v) is 3.33. The number of hydrogen-bond acceptors (Lipinski definition) is 2. The second-order valence-electron chi connectivity index (χ2n) is 6.49. The average Bonchev–Trinajstić information content (AvgIpc) is 2.42. The Morgan fingerprint density at radius 3 is 2.38 bits per heavy atom. The molecule has 1 nitrogen and oxygen atoms in total. The van der Waals surface area contributed by atoms with Gasteiger partial charge in [0.15, 0.2) is 5.12 Å². The van der Waals surface area contributed by atoms with Crippen LogP contribution in [-0.2, 0) is 4.79 Å². The molecule has 1 unspecified atom stereocenters. The first-order valence-corrected chi connectivity index (χ1v) is 9.83. The molecular weight excluding hydrogens is 276 g/mol. The van der Waals surface area contributed by atoms with Gasteiger partial charge in [0.1, 0.15) is 0 Å². The quantitative estimate of drug-likeness (QED) is 0.276. The van der Waals surface area contributed by atoms with Gasteiger partial charge in [-0.25, -0.2) is 0 Å². The molecule has 0 aromatic heterocycles. The van der Waals surface area contributed by atoms with Crippen LogP contribution in [0.2, 0.25) is 0 Å². The zero-order chi connectivity index (χ0) is 15.9. The number of rotatable bonds is 13. The molecule has 0 saturated heterocycles. The average molecular weight is 313 g/mol. The summed E-state index contributed by atoms with van der Waals surface area (Å²) in [4.78, 5) is 11.8. The highest BCUT2D eigenvalue weighted by atomic mass is 32.2. The van der Waals surface area contributed by atoms with E-state index in [1.165, 1.54) is 56.9 Å². The van der Waals surface area contributed by atoms with E-state index < -0.39 is 0 Å². The van der Waals surface area contributed by atoms with Gasteiger partial charge in [0, 0.05) is 12.2 Å². The summed E-state index contributed by atoms with van der Waals surface area (Å²) < 4.78 is 0. The Labute approximate surface area is 137 Å². The molecule has 0 fully saturated rings. The van der Waals surface area contributed by atoms with E-state index in [1.807, 2.05) is 0 Å². The second kappa shape index (κ2) is 14.7. The molecule has 0 spiro atoms. The van der Waals surface area contributed by atoms with Gasteiger partial charge in [-0.3, -0.25) is 4.79 Å². The number of carbonyl (C=O) groups is 1. The lowest BCUT2D eigenvalue weighted by Gasteiger charge is -2.09. The molecule has 0 aromatic carbocycles. The van der Waals surface area contributed by atoms with Gasteiger partial charge in [-0.05, 0) is 45.4 Å². The van der Waals surface area contributed by atoms with E-state index in [4.69, 9.17) is 0 Å². The number of thioether (sulfide) groups is 1. The molecule has 0 N–H and O–H groups in total. The third kappa shape index (κ3) is 16.0. The monoisotopic (exact) mass is 312 g/mol.